The zero-order valence-corrected chi connectivity index (χ0v) is 19.3. The molecular formula is C21H36IN5. The zero-order chi connectivity index (χ0) is 18.2. The molecule has 1 fully saturated rings. The number of aliphatic imine (C=N–C) groups is 1. The molecule has 0 bridgehead atoms. The van der Waals surface area contributed by atoms with Gasteiger partial charge in [0.2, 0.25) is 0 Å². The SMILES string of the molecule is CCNC(=NCCCCN1CCN(CC)CC1)N1CCc2ccccc21.I. The molecule has 152 valence electrons. The molecule has 0 atom stereocenters. The highest BCUT2D eigenvalue weighted by atomic mass is 127. The summed E-state index contributed by atoms with van der Waals surface area (Å²) in [7, 11) is 0. The van der Waals surface area contributed by atoms with E-state index in [2.05, 4.69) is 58.1 Å². The number of rotatable bonds is 7. The Morgan fingerprint density at radius 1 is 1.00 bits per heavy atom. The van der Waals surface area contributed by atoms with Gasteiger partial charge < -0.3 is 20.0 Å². The molecule has 1 N–H and O–H groups in total. The molecular weight excluding hydrogens is 449 g/mol. The van der Waals surface area contributed by atoms with E-state index >= 15 is 0 Å². The quantitative estimate of drug-likeness (QED) is 0.279. The summed E-state index contributed by atoms with van der Waals surface area (Å²) in [5.41, 5.74) is 2.75. The average Bonchev–Trinajstić information content (AvgIpc) is 3.11. The maximum Gasteiger partial charge on any atom is 0.198 e. The van der Waals surface area contributed by atoms with E-state index in [1.54, 1.807) is 0 Å². The molecule has 1 aromatic rings. The fraction of sp³-hybridized carbons (Fsp3) is 0.667. The second-order valence-electron chi connectivity index (χ2n) is 7.25. The van der Waals surface area contributed by atoms with Gasteiger partial charge in [0.05, 0.1) is 0 Å². The predicted octanol–water partition coefficient (Wildman–Crippen LogP) is 3.05. The van der Waals surface area contributed by atoms with Crippen LogP contribution < -0.4 is 10.2 Å². The number of hydrogen-bond acceptors (Lipinski definition) is 3. The lowest BCUT2D eigenvalue weighted by atomic mass is 10.2. The molecule has 27 heavy (non-hydrogen) atoms. The van der Waals surface area contributed by atoms with Crippen molar-refractivity contribution < 1.29 is 0 Å². The molecule has 3 rings (SSSR count). The molecule has 0 spiro atoms. The highest BCUT2D eigenvalue weighted by Gasteiger charge is 2.22. The van der Waals surface area contributed by atoms with E-state index in [9.17, 15) is 0 Å². The Kier molecular flexibility index (Phi) is 9.86. The molecule has 2 aliphatic heterocycles. The molecule has 2 aliphatic rings. The van der Waals surface area contributed by atoms with Crippen molar-refractivity contribution >= 4 is 35.6 Å². The van der Waals surface area contributed by atoms with Gasteiger partial charge in [0.25, 0.3) is 0 Å². The topological polar surface area (TPSA) is 34.1 Å². The van der Waals surface area contributed by atoms with E-state index < -0.39 is 0 Å². The number of hydrogen-bond donors (Lipinski definition) is 1. The molecule has 1 aromatic carbocycles. The van der Waals surface area contributed by atoms with E-state index in [4.69, 9.17) is 4.99 Å². The minimum atomic E-state index is 0. The van der Waals surface area contributed by atoms with Crippen LogP contribution in [0.1, 0.15) is 32.3 Å². The first-order valence-corrected chi connectivity index (χ1v) is 10.4. The number of anilines is 1. The number of unbranched alkanes of at least 4 members (excludes halogenated alkanes) is 1. The maximum absolute atomic E-state index is 4.91. The summed E-state index contributed by atoms with van der Waals surface area (Å²) >= 11 is 0. The third kappa shape index (κ3) is 6.32. The fourth-order valence-corrected chi connectivity index (χ4v) is 3.91. The summed E-state index contributed by atoms with van der Waals surface area (Å²) in [6.45, 7) is 14.6. The number of guanidine groups is 1. The second-order valence-corrected chi connectivity index (χ2v) is 7.25. The maximum atomic E-state index is 4.91. The molecule has 0 aromatic heterocycles. The molecule has 1 saturated heterocycles. The third-order valence-corrected chi connectivity index (χ3v) is 5.53. The smallest absolute Gasteiger partial charge is 0.198 e. The van der Waals surface area contributed by atoms with Gasteiger partial charge in [-0.3, -0.25) is 4.99 Å². The second kappa shape index (κ2) is 11.9. The molecule has 0 unspecified atom stereocenters. The van der Waals surface area contributed by atoms with Gasteiger partial charge in [-0.25, -0.2) is 0 Å². The summed E-state index contributed by atoms with van der Waals surface area (Å²) in [5.74, 6) is 1.05. The van der Waals surface area contributed by atoms with Crippen molar-refractivity contribution in [1.82, 2.24) is 15.1 Å². The van der Waals surface area contributed by atoms with Crippen LogP contribution in [0.5, 0.6) is 0 Å². The van der Waals surface area contributed by atoms with Crippen LogP contribution in [-0.4, -0.2) is 74.7 Å². The number of nitrogens with zero attached hydrogens (tertiary/aromatic N) is 4. The van der Waals surface area contributed by atoms with E-state index in [0.717, 1.165) is 32.0 Å². The van der Waals surface area contributed by atoms with Crippen LogP contribution in [-0.2, 0) is 6.42 Å². The fourth-order valence-electron chi connectivity index (χ4n) is 3.91. The first-order valence-electron chi connectivity index (χ1n) is 10.4. The minimum Gasteiger partial charge on any atom is -0.356 e. The summed E-state index contributed by atoms with van der Waals surface area (Å²) in [4.78, 5) is 12.4. The Labute approximate surface area is 182 Å². The van der Waals surface area contributed by atoms with Gasteiger partial charge >= 0.3 is 0 Å². The Morgan fingerprint density at radius 2 is 1.74 bits per heavy atom. The van der Waals surface area contributed by atoms with Gasteiger partial charge in [-0.1, -0.05) is 25.1 Å². The van der Waals surface area contributed by atoms with Gasteiger partial charge in [-0.05, 0) is 50.9 Å². The third-order valence-electron chi connectivity index (χ3n) is 5.53. The van der Waals surface area contributed by atoms with Gasteiger partial charge in [-0.2, -0.15) is 0 Å². The van der Waals surface area contributed by atoms with Gasteiger partial charge in [0.1, 0.15) is 0 Å². The standard InChI is InChI=1S/C21H35N5.HI/c1-3-22-21(26-14-11-19-9-5-6-10-20(19)26)23-12-7-8-13-25-17-15-24(4-2)16-18-25;/h5-6,9-10H,3-4,7-8,11-18H2,1-2H3,(H,22,23);1H. The average molecular weight is 485 g/mol. The van der Waals surface area contributed by atoms with Gasteiger partial charge in [-0.15, -0.1) is 24.0 Å². The first kappa shape index (κ1) is 22.4. The predicted molar refractivity (Wildman–Crippen MR) is 127 cm³/mol. The van der Waals surface area contributed by atoms with E-state index in [1.165, 1.54) is 63.4 Å². The number of fused-ring (bicyclic) bond motifs is 1. The van der Waals surface area contributed by atoms with Crippen molar-refractivity contribution in [2.75, 3.05) is 63.8 Å². The number of benzene rings is 1. The number of halogens is 1. The lowest BCUT2D eigenvalue weighted by Crippen LogP contribution is -2.46. The van der Waals surface area contributed by atoms with Crippen LogP contribution in [0.2, 0.25) is 0 Å². The van der Waals surface area contributed by atoms with E-state index in [1.807, 2.05) is 0 Å². The van der Waals surface area contributed by atoms with Crippen LogP contribution in [0.15, 0.2) is 29.3 Å². The molecule has 6 heteroatoms. The van der Waals surface area contributed by atoms with E-state index in [0.29, 0.717) is 0 Å². The zero-order valence-electron chi connectivity index (χ0n) is 17.0. The summed E-state index contributed by atoms with van der Waals surface area (Å²) in [6, 6.07) is 8.70. The van der Waals surface area contributed by atoms with E-state index in [-0.39, 0.29) is 24.0 Å². The van der Waals surface area contributed by atoms with Crippen LogP contribution >= 0.6 is 24.0 Å². The molecule has 2 heterocycles. The molecule has 0 aliphatic carbocycles. The van der Waals surface area contributed by atoms with Crippen molar-refractivity contribution in [3.05, 3.63) is 29.8 Å². The highest BCUT2D eigenvalue weighted by Crippen LogP contribution is 2.27. The molecule has 0 radical (unpaired) electrons. The Bertz CT molecular complexity index is 584. The monoisotopic (exact) mass is 485 g/mol. The number of nitrogens with one attached hydrogen (secondary N) is 1. The van der Waals surface area contributed by atoms with Gasteiger partial charge in [0, 0.05) is 51.5 Å². The first-order chi connectivity index (χ1) is 12.8. The van der Waals surface area contributed by atoms with Crippen molar-refractivity contribution in [1.29, 1.82) is 0 Å². The van der Waals surface area contributed by atoms with Crippen LogP contribution in [0.3, 0.4) is 0 Å². The van der Waals surface area contributed by atoms with Crippen LogP contribution in [0.25, 0.3) is 0 Å². The number of likely N-dealkylation sites (N-methyl/N-ethyl adjacent to an activating group) is 1. The van der Waals surface area contributed by atoms with Crippen LogP contribution in [0, 0.1) is 0 Å². The van der Waals surface area contributed by atoms with Crippen molar-refractivity contribution in [3.8, 4) is 0 Å². The van der Waals surface area contributed by atoms with Crippen molar-refractivity contribution in [2.24, 2.45) is 4.99 Å². The minimum absolute atomic E-state index is 0. The number of para-hydroxylation sites is 1. The summed E-state index contributed by atoms with van der Waals surface area (Å²) in [6.07, 6.45) is 3.52. The largest absolute Gasteiger partial charge is 0.356 e. The summed E-state index contributed by atoms with van der Waals surface area (Å²) < 4.78 is 0. The number of piperazine rings is 1. The van der Waals surface area contributed by atoms with Crippen LogP contribution in [0.4, 0.5) is 5.69 Å². The molecule has 0 amide bonds. The molecule has 0 saturated carbocycles. The highest BCUT2D eigenvalue weighted by molar-refractivity contribution is 14.0. The van der Waals surface area contributed by atoms with Gasteiger partial charge in [0.15, 0.2) is 5.96 Å². The van der Waals surface area contributed by atoms with Crippen molar-refractivity contribution in [2.45, 2.75) is 33.1 Å². The Balaban J connectivity index is 0.00000261. The summed E-state index contributed by atoms with van der Waals surface area (Å²) in [5, 5.41) is 3.48. The normalized spacial score (nSPS) is 18.3. The van der Waals surface area contributed by atoms with Crippen molar-refractivity contribution in [3.63, 3.8) is 0 Å². The Hall–Kier alpha value is -0.860. The molecule has 5 nitrogen and oxygen atoms in total. The lowest BCUT2D eigenvalue weighted by Gasteiger charge is -2.33. The lowest BCUT2D eigenvalue weighted by molar-refractivity contribution is 0.136. The Morgan fingerprint density at radius 3 is 2.48 bits per heavy atom.